The van der Waals surface area contributed by atoms with E-state index in [9.17, 15) is 4.79 Å². The Morgan fingerprint density at radius 1 is 0.517 bits per heavy atom. The van der Waals surface area contributed by atoms with Gasteiger partial charge in [0.05, 0.1) is 0 Å². The Hall–Kier alpha value is -3.49. The molecule has 0 radical (unpaired) electrons. The number of benzene rings is 4. The molecule has 1 nitrogen and oxygen atoms in total. The van der Waals surface area contributed by atoms with Gasteiger partial charge in [0.25, 0.3) is 0 Å². The van der Waals surface area contributed by atoms with Crippen LogP contribution in [0, 0.1) is 0 Å². The molecule has 29 heavy (non-hydrogen) atoms. The van der Waals surface area contributed by atoms with Crippen molar-refractivity contribution in [3.8, 4) is 0 Å². The van der Waals surface area contributed by atoms with E-state index in [0.29, 0.717) is 10.8 Å². The maximum absolute atomic E-state index is 13.6. The molecule has 0 bridgehead atoms. The zero-order chi connectivity index (χ0) is 20.1. The molecule has 0 aliphatic carbocycles. The molecule has 0 aliphatic rings. The second kappa shape index (κ2) is 8.25. The molecule has 0 saturated heterocycles. The molecule has 0 N–H and O–H groups in total. The highest BCUT2D eigenvalue weighted by molar-refractivity contribution is 7.18. The van der Waals surface area contributed by atoms with Gasteiger partial charge in [0.2, 0.25) is 0 Å². The lowest BCUT2D eigenvalue weighted by Crippen LogP contribution is -2.69. The molecular weight excluding hydrogens is 368 g/mol. The van der Waals surface area contributed by atoms with Gasteiger partial charge in [0.15, 0.2) is 13.9 Å². The zero-order valence-corrected chi connectivity index (χ0v) is 17.2. The van der Waals surface area contributed by atoms with Gasteiger partial charge in [0, 0.05) is 5.56 Å². The largest absolute Gasteiger partial charge is 0.289 e. The fourth-order valence-electron chi connectivity index (χ4n) is 4.02. The van der Waals surface area contributed by atoms with E-state index in [1.54, 1.807) is 0 Å². The average Bonchev–Trinajstić information content (AvgIpc) is 2.82. The van der Waals surface area contributed by atoms with Crippen molar-refractivity contribution >= 4 is 29.4 Å². The fraction of sp³-hybridized carbons (Fsp3) is 0. The molecule has 4 rings (SSSR count). The smallest absolute Gasteiger partial charge is 0.185 e. The van der Waals surface area contributed by atoms with Crippen LogP contribution in [0.15, 0.2) is 133 Å². The third kappa shape index (κ3) is 3.39. The lowest BCUT2D eigenvalue weighted by atomic mass is 10.1. The van der Waals surface area contributed by atoms with Crippen molar-refractivity contribution in [2.24, 2.45) is 0 Å². The summed E-state index contributed by atoms with van der Waals surface area (Å²) in [6.07, 6.45) is 0. The monoisotopic (exact) mass is 390 g/mol. The van der Waals surface area contributed by atoms with Gasteiger partial charge in [-0.3, -0.25) is 4.79 Å². The quantitative estimate of drug-likeness (QED) is 0.209. The van der Waals surface area contributed by atoms with Gasteiger partial charge in [0.1, 0.15) is 0 Å². The molecule has 0 aliphatic heterocycles. The first kappa shape index (κ1) is 18.9. The minimum atomic E-state index is -2.82. The van der Waals surface area contributed by atoms with E-state index < -0.39 is 8.07 Å². The van der Waals surface area contributed by atoms with Crippen LogP contribution in [-0.2, 0) is 0 Å². The second-order valence-corrected chi connectivity index (χ2v) is 10.9. The summed E-state index contributed by atoms with van der Waals surface area (Å²) >= 11 is 0. The maximum Gasteiger partial charge on any atom is 0.185 e. The minimum Gasteiger partial charge on any atom is -0.289 e. The van der Waals surface area contributed by atoms with Crippen LogP contribution >= 0.6 is 0 Å². The van der Waals surface area contributed by atoms with E-state index >= 15 is 0 Å². The van der Waals surface area contributed by atoms with Gasteiger partial charge in [-0.25, -0.2) is 0 Å². The normalized spacial score (nSPS) is 11.0. The zero-order valence-electron chi connectivity index (χ0n) is 16.2. The predicted molar refractivity (Wildman–Crippen MR) is 124 cm³/mol. The molecular formula is C27H22OSi. The van der Waals surface area contributed by atoms with Gasteiger partial charge in [-0.05, 0) is 20.8 Å². The Kier molecular flexibility index (Phi) is 5.36. The lowest BCUT2D eigenvalue weighted by molar-refractivity contribution is 0.104. The van der Waals surface area contributed by atoms with E-state index in [4.69, 9.17) is 0 Å². The Morgan fingerprint density at radius 2 is 0.828 bits per heavy atom. The van der Waals surface area contributed by atoms with Crippen LogP contribution < -0.4 is 15.6 Å². The highest BCUT2D eigenvalue weighted by Crippen LogP contribution is 2.20. The van der Waals surface area contributed by atoms with Gasteiger partial charge >= 0.3 is 0 Å². The van der Waals surface area contributed by atoms with Crippen LogP contribution in [0.1, 0.15) is 10.4 Å². The molecule has 0 aromatic heterocycles. The number of allylic oxidation sites excluding steroid dienone is 1. The van der Waals surface area contributed by atoms with Crippen LogP contribution in [-0.4, -0.2) is 13.9 Å². The average molecular weight is 391 g/mol. The molecule has 0 amide bonds. The summed E-state index contributed by atoms with van der Waals surface area (Å²) in [4.78, 5) is 13.6. The third-order valence-electron chi connectivity index (χ3n) is 5.38. The molecule has 4 aromatic carbocycles. The second-order valence-electron chi connectivity index (χ2n) is 7.02. The van der Waals surface area contributed by atoms with Gasteiger partial charge in [-0.1, -0.05) is 128 Å². The summed E-state index contributed by atoms with van der Waals surface area (Å²) in [6.45, 7) is 4.44. The van der Waals surface area contributed by atoms with Crippen molar-refractivity contribution in [3.63, 3.8) is 0 Å². The van der Waals surface area contributed by atoms with Gasteiger partial charge in [-0.15, -0.1) is 0 Å². The number of hydrogen-bond acceptors (Lipinski definition) is 1. The Labute approximate surface area is 173 Å². The van der Waals surface area contributed by atoms with E-state index in [0.717, 1.165) is 15.6 Å². The van der Waals surface area contributed by atoms with E-state index in [-0.39, 0.29) is 5.78 Å². The van der Waals surface area contributed by atoms with Crippen molar-refractivity contribution < 1.29 is 4.79 Å². The molecule has 4 aromatic rings. The summed E-state index contributed by atoms with van der Waals surface area (Å²) < 4.78 is 0. The molecule has 2 heteroatoms. The standard InChI is InChI=1S/C27H22OSi/c1-22(27(28)23-14-6-2-7-15-23)29(24-16-8-3-9-17-24,25-18-10-4-11-19-25)26-20-12-5-13-21-26/h2-21H,1H2. The summed E-state index contributed by atoms with van der Waals surface area (Å²) in [5.41, 5.74) is 0.678. The summed E-state index contributed by atoms with van der Waals surface area (Å²) in [7, 11) is -2.82. The van der Waals surface area contributed by atoms with Gasteiger partial charge < -0.3 is 0 Å². The topological polar surface area (TPSA) is 17.1 Å². The van der Waals surface area contributed by atoms with Crippen molar-refractivity contribution in [1.82, 2.24) is 0 Å². The molecule has 0 unspecified atom stereocenters. The molecule has 0 atom stereocenters. The van der Waals surface area contributed by atoms with Crippen LogP contribution in [0.3, 0.4) is 0 Å². The summed E-state index contributed by atoms with van der Waals surface area (Å²) in [5.74, 6) is 0.00817. The number of carbonyl (C=O) groups is 1. The molecule has 0 heterocycles. The first-order valence-corrected chi connectivity index (χ1v) is 11.7. The number of rotatable bonds is 6. The molecule has 0 fully saturated rings. The Bertz CT molecular complexity index is 1010. The molecule has 0 saturated carbocycles. The van der Waals surface area contributed by atoms with E-state index in [1.165, 1.54) is 0 Å². The molecule has 140 valence electrons. The third-order valence-corrected chi connectivity index (χ3v) is 10.1. The highest BCUT2D eigenvalue weighted by Gasteiger charge is 2.44. The summed E-state index contributed by atoms with van der Waals surface area (Å²) in [5, 5.41) is 4.15. The maximum atomic E-state index is 13.6. The van der Waals surface area contributed by atoms with Crippen molar-refractivity contribution in [2.45, 2.75) is 0 Å². The minimum absolute atomic E-state index is 0.00817. The van der Waals surface area contributed by atoms with Gasteiger partial charge in [-0.2, -0.15) is 0 Å². The number of ketones is 1. The first-order valence-electron chi connectivity index (χ1n) is 9.70. The highest BCUT2D eigenvalue weighted by atomic mass is 28.3. The van der Waals surface area contributed by atoms with E-state index in [1.807, 2.05) is 84.9 Å². The fourth-order valence-corrected chi connectivity index (χ4v) is 8.63. The van der Waals surface area contributed by atoms with Crippen LogP contribution in [0.25, 0.3) is 0 Å². The Morgan fingerprint density at radius 3 is 1.17 bits per heavy atom. The van der Waals surface area contributed by atoms with Crippen LogP contribution in [0.5, 0.6) is 0 Å². The summed E-state index contributed by atoms with van der Waals surface area (Å²) in [6, 6.07) is 40.6. The molecule has 0 spiro atoms. The van der Waals surface area contributed by atoms with Crippen molar-refractivity contribution in [3.05, 3.63) is 139 Å². The predicted octanol–water partition coefficient (Wildman–Crippen LogP) is 4.14. The number of hydrogen-bond donors (Lipinski definition) is 0. The number of Topliss-reactive ketones (excluding diaryl/α,β-unsaturated/α-hetero) is 1. The Balaban J connectivity index is 2.03. The van der Waals surface area contributed by atoms with E-state index in [2.05, 4.69) is 43.0 Å². The van der Waals surface area contributed by atoms with Crippen molar-refractivity contribution in [2.75, 3.05) is 0 Å². The van der Waals surface area contributed by atoms with Crippen LogP contribution in [0.4, 0.5) is 0 Å². The SMILES string of the molecule is C=C(C(=O)c1ccccc1)[Si](c1ccccc1)(c1ccccc1)c1ccccc1. The lowest BCUT2D eigenvalue weighted by Gasteiger charge is -2.35. The first-order chi connectivity index (χ1) is 14.2. The van der Waals surface area contributed by atoms with Crippen molar-refractivity contribution in [1.29, 1.82) is 0 Å². The number of carbonyl (C=O) groups excluding carboxylic acids is 1. The van der Waals surface area contributed by atoms with Crippen LogP contribution in [0.2, 0.25) is 0 Å².